The van der Waals surface area contributed by atoms with Gasteiger partial charge in [-0.25, -0.2) is 0 Å². The molecular formula is C17H25NO5. The fraction of sp³-hybridized carbons (Fsp3) is 0.529. The second kappa shape index (κ2) is 7.57. The Morgan fingerprint density at radius 1 is 1.09 bits per heavy atom. The Bertz CT molecular complexity index is 543. The lowest BCUT2D eigenvalue weighted by Crippen LogP contribution is -2.46. The van der Waals surface area contributed by atoms with E-state index in [1.165, 1.54) is 13.8 Å². The number of rotatable bonds is 8. The average molecular weight is 323 g/mol. The molecular weight excluding hydrogens is 298 g/mol. The van der Waals surface area contributed by atoms with Gasteiger partial charge in [0.1, 0.15) is 30.1 Å². The molecule has 1 aromatic rings. The largest absolute Gasteiger partial charge is 0.490 e. The van der Waals surface area contributed by atoms with Crippen LogP contribution in [0.4, 0.5) is 0 Å². The lowest BCUT2D eigenvalue weighted by molar-refractivity contribution is -0.150. The summed E-state index contributed by atoms with van der Waals surface area (Å²) < 4.78 is 10.6. The van der Waals surface area contributed by atoms with E-state index < -0.39 is 11.1 Å². The van der Waals surface area contributed by atoms with Crippen LogP contribution in [0.1, 0.15) is 38.1 Å². The molecule has 6 nitrogen and oxygen atoms in total. The number of carbonyl (C=O) groups excluding carboxylic acids is 2. The van der Waals surface area contributed by atoms with Gasteiger partial charge >= 0.3 is 5.97 Å². The molecule has 0 aromatic heterocycles. The van der Waals surface area contributed by atoms with Crippen molar-refractivity contribution in [1.82, 2.24) is 5.32 Å². The first kappa shape index (κ1) is 19.1. The van der Waals surface area contributed by atoms with Crippen molar-refractivity contribution in [3.05, 3.63) is 29.8 Å². The van der Waals surface area contributed by atoms with Crippen LogP contribution >= 0.6 is 0 Å². The lowest BCUT2D eigenvalue weighted by Gasteiger charge is -2.21. The van der Waals surface area contributed by atoms with Crippen molar-refractivity contribution in [1.29, 1.82) is 0 Å². The SMILES string of the molecule is CNC(C)(C)C(=O)OCCOc1ccc(C(=O)C(C)(C)O)cc1. The number of hydrogen-bond acceptors (Lipinski definition) is 6. The van der Waals surface area contributed by atoms with Crippen molar-refractivity contribution in [2.24, 2.45) is 0 Å². The number of carbonyl (C=O) groups is 2. The van der Waals surface area contributed by atoms with Crippen molar-refractivity contribution in [2.45, 2.75) is 38.8 Å². The molecule has 0 amide bonds. The number of nitrogens with one attached hydrogen (secondary N) is 1. The molecule has 0 aliphatic rings. The van der Waals surface area contributed by atoms with E-state index in [1.807, 2.05) is 0 Å². The molecule has 0 unspecified atom stereocenters. The molecule has 23 heavy (non-hydrogen) atoms. The highest BCUT2D eigenvalue weighted by Crippen LogP contribution is 2.17. The summed E-state index contributed by atoms with van der Waals surface area (Å²) in [7, 11) is 1.69. The van der Waals surface area contributed by atoms with Gasteiger partial charge in [0.2, 0.25) is 0 Å². The summed E-state index contributed by atoms with van der Waals surface area (Å²) in [6.07, 6.45) is 0. The van der Waals surface area contributed by atoms with Crippen LogP contribution in [0.5, 0.6) is 5.75 Å². The number of aliphatic hydroxyl groups is 1. The third-order valence-electron chi connectivity index (χ3n) is 3.39. The smallest absolute Gasteiger partial charge is 0.325 e. The van der Waals surface area contributed by atoms with Gasteiger partial charge in [-0.2, -0.15) is 0 Å². The van der Waals surface area contributed by atoms with Gasteiger partial charge in [-0.1, -0.05) is 0 Å². The van der Waals surface area contributed by atoms with Crippen molar-refractivity contribution in [3.63, 3.8) is 0 Å². The van der Waals surface area contributed by atoms with E-state index in [4.69, 9.17) is 9.47 Å². The predicted octanol–water partition coefficient (Wildman–Crippen LogP) is 1.56. The third kappa shape index (κ3) is 5.65. The number of ketones is 1. The monoisotopic (exact) mass is 323 g/mol. The molecule has 0 bridgehead atoms. The Hall–Kier alpha value is -1.92. The maximum atomic E-state index is 11.9. The van der Waals surface area contributed by atoms with Gasteiger partial charge in [-0.15, -0.1) is 0 Å². The normalized spacial score (nSPS) is 11.9. The van der Waals surface area contributed by atoms with Crippen LogP contribution in [0.2, 0.25) is 0 Å². The Morgan fingerprint density at radius 2 is 1.65 bits per heavy atom. The zero-order chi connectivity index (χ0) is 17.7. The molecule has 0 fully saturated rings. The Labute approximate surface area is 136 Å². The van der Waals surface area contributed by atoms with Gasteiger partial charge < -0.3 is 19.9 Å². The van der Waals surface area contributed by atoms with Crippen LogP contribution in [-0.4, -0.2) is 48.3 Å². The van der Waals surface area contributed by atoms with E-state index in [0.717, 1.165) is 0 Å². The van der Waals surface area contributed by atoms with E-state index in [0.29, 0.717) is 11.3 Å². The van der Waals surface area contributed by atoms with Gasteiger partial charge in [-0.3, -0.25) is 9.59 Å². The minimum absolute atomic E-state index is 0.133. The number of ether oxygens (including phenoxy) is 2. The van der Waals surface area contributed by atoms with Gasteiger partial charge in [0.05, 0.1) is 0 Å². The molecule has 0 aliphatic carbocycles. The summed E-state index contributed by atoms with van der Waals surface area (Å²) in [6.45, 7) is 6.70. The van der Waals surface area contributed by atoms with Crippen molar-refractivity contribution >= 4 is 11.8 Å². The van der Waals surface area contributed by atoms with Gasteiger partial charge in [0, 0.05) is 5.56 Å². The number of hydrogen-bond donors (Lipinski definition) is 2. The molecule has 1 aromatic carbocycles. The van der Waals surface area contributed by atoms with E-state index in [9.17, 15) is 14.7 Å². The minimum Gasteiger partial charge on any atom is -0.490 e. The molecule has 0 saturated carbocycles. The Kier molecular flexibility index (Phi) is 6.29. The zero-order valence-electron chi connectivity index (χ0n) is 14.3. The number of likely N-dealkylation sites (N-methyl/N-ethyl adjacent to an activating group) is 1. The van der Waals surface area contributed by atoms with Crippen molar-refractivity contribution in [3.8, 4) is 5.75 Å². The van der Waals surface area contributed by atoms with Crippen molar-refractivity contribution in [2.75, 3.05) is 20.3 Å². The van der Waals surface area contributed by atoms with Crippen LogP contribution < -0.4 is 10.1 Å². The van der Waals surface area contributed by atoms with Gasteiger partial charge in [0.25, 0.3) is 0 Å². The summed E-state index contributed by atoms with van der Waals surface area (Å²) in [4.78, 5) is 23.6. The second-order valence-electron chi connectivity index (χ2n) is 6.27. The molecule has 0 spiro atoms. The van der Waals surface area contributed by atoms with E-state index in [2.05, 4.69) is 5.32 Å². The Morgan fingerprint density at radius 3 is 2.13 bits per heavy atom. The quantitative estimate of drug-likeness (QED) is 0.429. The molecule has 0 heterocycles. The van der Waals surface area contributed by atoms with Crippen LogP contribution in [0.3, 0.4) is 0 Å². The lowest BCUT2D eigenvalue weighted by atomic mass is 9.97. The summed E-state index contributed by atoms with van der Waals surface area (Å²) >= 11 is 0. The highest BCUT2D eigenvalue weighted by Gasteiger charge is 2.27. The molecule has 2 N–H and O–H groups in total. The van der Waals surface area contributed by atoms with E-state index in [1.54, 1.807) is 45.2 Å². The molecule has 0 radical (unpaired) electrons. The third-order valence-corrected chi connectivity index (χ3v) is 3.39. The minimum atomic E-state index is -1.41. The molecule has 1 rings (SSSR count). The molecule has 0 aliphatic heterocycles. The summed E-state index contributed by atoms with van der Waals surface area (Å²) in [5.74, 6) is -0.150. The van der Waals surface area contributed by atoms with Gasteiger partial charge in [0.15, 0.2) is 5.78 Å². The summed E-state index contributed by atoms with van der Waals surface area (Å²) in [5.41, 5.74) is -1.73. The van der Waals surface area contributed by atoms with E-state index >= 15 is 0 Å². The topological polar surface area (TPSA) is 84.9 Å². The second-order valence-corrected chi connectivity index (χ2v) is 6.27. The summed E-state index contributed by atoms with van der Waals surface area (Å²) in [5, 5.41) is 12.5. The summed E-state index contributed by atoms with van der Waals surface area (Å²) in [6, 6.07) is 6.45. The molecule has 6 heteroatoms. The highest BCUT2D eigenvalue weighted by molar-refractivity contribution is 6.01. The number of Topliss-reactive ketones (excluding diaryl/α,β-unsaturated/α-hetero) is 1. The molecule has 0 atom stereocenters. The van der Waals surface area contributed by atoms with Crippen LogP contribution in [0.15, 0.2) is 24.3 Å². The number of esters is 1. The molecule has 128 valence electrons. The maximum absolute atomic E-state index is 11.9. The van der Waals surface area contributed by atoms with Crippen LogP contribution in [0, 0.1) is 0 Å². The first-order chi connectivity index (χ1) is 10.6. The Balaban J connectivity index is 2.46. The standard InChI is InChI=1S/C17H25NO5/c1-16(2,18-5)15(20)23-11-10-22-13-8-6-12(7-9-13)14(19)17(3,4)21/h6-9,18,21H,10-11H2,1-5H3. The molecule has 0 saturated heterocycles. The van der Waals surface area contributed by atoms with Crippen LogP contribution in [-0.2, 0) is 9.53 Å². The zero-order valence-corrected chi connectivity index (χ0v) is 14.3. The maximum Gasteiger partial charge on any atom is 0.325 e. The number of benzene rings is 1. The predicted molar refractivity (Wildman–Crippen MR) is 86.7 cm³/mol. The first-order valence-electron chi connectivity index (χ1n) is 7.44. The first-order valence-corrected chi connectivity index (χ1v) is 7.44. The van der Waals surface area contributed by atoms with Gasteiger partial charge in [-0.05, 0) is 59.0 Å². The van der Waals surface area contributed by atoms with Crippen LogP contribution in [0.25, 0.3) is 0 Å². The van der Waals surface area contributed by atoms with Crippen molar-refractivity contribution < 1.29 is 24.2 Å². The van der Waals surface area contributed by atoms with E-state index in [-0.39, 0.29) is 25.0 Å². The fourth-order valence-corrected chi connectivity index (χ4v) is 1.63. The average Bonchev–Trinajstić information content (AvgIpc) is 2.50. The fourth-order valence-electron chi connectivity index (χ4n) is 1.63. The highest BCUT2D eigenvalue weighted by atomic mass is 16.6.